The lowest BCUT2D eigenvalue weighted by Crippen LogP contribution is -2.35. The van der Waals surface area contributed by atoms with Gasteiger partial charge in [0.05, 0.1) is 11.7 Å². The fourth-order valence-corrected chi connectivity index (χ4v) is 5.88. The van der Waals surface area contributed by atoms with Crippen molar-refractivity contribution in [2.75, 3.05) is 6.54 Å². The Balaban J connectivity index is 1.23. The minimum atomic E-state index is -0.249. The first-order valence-electron chi connectivity index (χ1n) is 11.5. The summed E-state index contributed by atoms with van der Waals surface area (Å²) in [6.07, 6.45) is 11.0. The highest BCUT2D eigenvalue weighted by Gasteiger charge is 2.25. The van der Waals surface area contributed by atoms with Gasteiger partial charge in [-0.05, 0) is 86.0 Å². The molecule has 7 heteroatoms. The number of benzene rings is 1. The minimum absolute atomic E-state index is 0.0256. The van der Waals surface area contributed by atoms with E-state index in [0.29, 0.717) is 19.0 Å². The third-order valence-electron chi connectivity index (χ3n) is 6.39. The van der Waals surface area contributed by atoms with Crippen LogP contribution in [0.1, 0.15) is 34.4 Å². The van der Waals surface area contributed by atoms with Gasteiger partial charge in [0.25, 0.3) is 5.56 Å². The number of halogens is 1. The van der Waals surface area contributed by atoms with Gasteiger partial charge in [0.15, 0.2) is 0 Å². The molecule has 5 rings (SSSR count). The van der Waals surface area contributed by atoms with E-state index in [1.165, 1.54) is 28.1 Å². The molecule has 0 amide bonds. The average Bonchev–Trinajstić information content (AvgIpc) is 3.21. The number of nitrogens with zero attached hydrogens (tertiary/aromatic N) is 3. The van der Waals surface area contributed by atoms with E-state index in [-0.39, 0.29) is 11.4 Å². The number of aromatic nitrogens is 3. The van der Waals surface area contributed by atoms with Crippen LogP contribution in [0.3, 0.4) is 0 Å². The van der Waals surface area contributed by atoms with Crippen molar-refractivity contribution in [2.24, 2.45) is 0 Å². The molecule has 0 spiro atoms. The first kappa shape index (κ1) is 21.9. The lowest BCUT2D eigenvalue weighted by atomic mass is 9.93. The summed E-state index contributed by atoms with van der Waals surface area (Å²) in [7, 11) is 0. The highest BCUT2D eigenvalue weighted by Crippen LogP contribution is 2.33. The van der Waals surface area contributed by atoms with Gasteiger partial charge in [0.1, 0.15) is 10.6 Å². The van der Waals surface area contributed by atoms with Crippen LogP contribution in [0.25, 0.3) is 10.2 Å². The van der Waals surface area contributed by atoms with Crippen LogP contribution >= 0.6 is 11.3 Å². The van der Waals surface area contributed by atoms with Crippen LogP contribution in [0.15, 0.2) is 59.9 Å². The summed E-state index contributed by atoms with van der Waals surface area (Å²) in [5.41, 5.74) is 3.41. The van der Waals surface area contributed by atoms with Crippen molar-refractivity contribution in [3.8, 4) is 0 Å². The Kier molecular flexibility index (Phi) is 6.60. The number of hydrogen-bond donors (Lipinski definition) is 1. The smallest absolute Gasteiger partial charge is 0.262 e. The second-order valence-corrected chi connectivity index (χ2v) is 9.74. The molecule has 1 aromatic carbocycles. The number of thiophene rings is 1. The van der Waals surface area contributed by atoms with Crippen molar-refractivity contribution < 1.29 is 4.39 Å². The van der Waals surface area contributed by atoms with Crippen LogP contribution in [0.2, 0.25) is 0 Å². The van der Waals surface area contributed by atoms with Gasteiger partial charge >= 0.3 is 0 Å². The number of rotatable bonds is 8. The van der Waals surface area contributed by atoms with Gasteiger partial charge in [-0.25, -0.2) is 9.37 Å². The second kappa shape index (κ2) is 9.93. The molecular weight excluding hydrogens is 435 g/mol. The molecule has 0 saturated heterocycles. The Bertz CT molecular complexity index is 1300. The van der Waals surface area contributed by atoms with Crippen molar-refractivity contribution in [1.82, 2.24) is 19.9 Å². The average molecular weight is 463 g/mol. The fourth-order valence-electron chi connectivity index (χ4n) is 4.62. The minimum Gasteiger partial charge on any atom is -0.314 e. The van der Waals surface area contributed by atoms with Crippen molar-refractivity contribution in [2.45, 2.75) is 51.1 Å². The Hall–Kier alpha value is -2.90. The Morgan fingerprint density at radius 2 is 2.03 bits per heavy atom. The molecule has 3 aromatic heterocycles. The van der Waals surface area contributed by atoms with E-state index in [9.17, 15) is 9.18 Å². The zero-order valence-electron chi connectivity index (χ0n) is 18.5. The summed E-state index contributed by atoms with van der Waals surface area (Å²) in [6.45, 7) is 1.48. The molecule has 4 aromatic rings. The Morgan fingerprint density at radius 3 is 2.88 bits per heavy atom. The lowest BCUT2D eigenvalue weighted by Gasteiger charge is -2.23. The Morgan fingerprint density at radius 1 is 1.15 bits per heavy atom. The largest absolute Gasteiger partial charge is 0.314 e. The standard InChI is InChI=1S/C26H27FN4OS/c27-20-5-1-3-19(15-20)10-14-31-17-30-25-24(26(31)32)22-7-6-21(16-23(22)33-25)29-11-2-4-18-8-12-28-13-9-18/h1,3,5,8-9,12-13,15,17,21,29H,2,4,6-7,10-11,14,16H2. The lowest BCUT2D eigenvalue weighted by molar-refractivity contribution is 0.459. The third kappa shape index (κ3) is 5.04. The number of nitrogens with one attached hydrogen (secondary N) is 1. The molecule has 0 bridgehead atoms. The molecule has 0 radical (unpaired) electrons. The zero-order valence-corrected chi connectivity index (χ0v) is 19.3. The molecule has 3 heterocycles. The quantitative estimate of drug-likeness (QED) is 0.397. The van der Waals surface area contributed by atoms with Crippen LogP contribution in [0, 0.1) is 5.82 Å². The van der Waals surface area contributed by atoms with Crippen LogP contribution in [0.5, 0.6) is 0 Å². The van der Waals surface area contributed by atoms with Crippen LogP contribution < -0.4 is 10.9 Å². The number of aryl methyl sites for hydroxylation is 4. The first-order valence-corrected chi connectivity index (χ1v) is 12.4. The van der Waals surface area contributed by atoms with E-state index in [2.05, 4.69) is 27.4 Å². The van der Waals surface area contributed by atoms with Crippen molar-refractivity contribution in [3.05, 3.63) is 92.9 Å². The van der Waals surface area contributed by atoms with E-state index in [1.54, 1.807) is 28.3 Å². The van der Waals surface area contributed by atoms with Crippen LogP contribution in [-0.4, -0.2) is 27.1 Å². The predicted molar refractivity (Wildman–Crippen MR) is 130 cm³/mol. The summed E-state index contributed by atoms with van der Waals surface area (Å²) in [5, 5.41) is 4.49. The van der Waals surface area contributed by atoms with Crippen LogP contribution in [0.4, 0.5) is 4.39 Å². The molecule has 170 valence electrons. The van der Waals surface area contributed by atoms with Gasteiger partial charge < -0.3 is 5.32 Å². The van der Waals surface area contributed by atoms with E-state index in [0.717, 1.165) is 54.4 Å². The van der Waals surface area contributed by atoms with E-state index >= 15 is 0 Å². The third-order valence-corrected chi connectivity index (χ3v) is 7.55. The second-order valence-electron chi connectivity index (χ2n) is 8.66. The maximum absolute atomic E-state index is 13.4. The van der Waals surface area contributed by atoms with Gasteiger partial charge in [-0.15, -0.1) is 11.3 Å². The predicted octanol–water partition coefficient (Wildman–Crippen LogP) is 4.31. The summed E-state index contributed by atoms with van der Waals surface area (Å²) < 4.78 is 15.1. The molecule has 33 heavy (non-hydrogen) atoms. The molecule has 5 nitrogen and oxygen atoms in total. The topological polar surface area (TPSA) is 59.8 Å². The summed E-state index contributed by atoms with van der Waals surface area (Å²) >= 11 is 1.66. The van der Waals surface area contributed by atoms with Crippen molar-refractivity contribution in [3.63, 3.8) is 0 Å². The molecule has 1 aliphatic rings. The molecule has 1 aliphatic carbocycles. The molecular formula is C26H27FN4OS. The molecule has 1 atom stereocenters. The van der Waals surface area contributed by atoms with E-state index in [4.69, 9.17) is 0 Å². The summed E-state index contributed by atoms with van der Waals surface area (Å²) in [6, 6.07) is 11.1. The van der Waals surface area contributed by atoms with Crippen molar-refractivity contribution in [1.29, 1.82) is 0 Å². The highest BCUT2D eigenvalue weighted by molar-refractivity contribution is 7.18. The SMILES string of the molecule is O=c1c2c3c(sc2ncn1CCc1cccc(F)c1)CC(NCCCc1ccncc1)CC3. The molecule has 0 fully saturated rings. The normalized spacial score (nSPS) is 15.6. The maximum atomic E-state index is 13.4. The highest BCUT2D eigenvalue weighted by atomic mass is 32.1. The van der Waals surface area contributed by atoms with E-state index < -0.39 is 0 Å². The Labute approximate surface area is 196 Å². The van der Waals surface area contributed by atoms with E-state index in [1.807, 2.05) is 18.5 Å². The monoisotopic (exact) mass is 462 g/mol. The van der Waals surface area contributed by atoms with Gasteiger partial charge in [0, 0.05) is 29.9 Å². The van der Waals surface area contributed by atoms with Crippen LogP contribution in [-0.2, 0) is 32.2 Å². The first-order chi connectivity index (χ1) is 16.2. The molecule has 1 N–H and O–H groups in total. The molecule has 0 saturated carbocycles. The fraction of sp³-hybridized carbons (Fsp3) is 0.346. The van der Waals surface area contributed by atoms with Gasteiger partial charge in [-0.2, -0.15) is 0 Å². The number of hydrogen-bond acceptors (Lipinski definition) is 5. The maximum Gasteiger partial charge on any atom is 0.262 e. The van der Waals surface area contributed by atoms with Gasteiger partial charge in [-0.1, -0.05) is 12.1 Å². The molecule has 1 unspecified atom stereocenters. The number of pyridine rings is 1. The summed E-state index contributed by atoms with van der Waals surface area (Å²) in [5.74, 6) is -0.249. The zero-order chi connectivity index (χ0) is 22.6. The molecule has 0 aliphatic heterocycles. The summed E-state index contributed by atoms with van der Waals surface area (Å²) in [4.78, 5) is 24.0. The van der Waals surface area contributed by atoms with Gasteiger partial charge in [-0.3, -0.25) is 14.3 Å². The van der Waals surface area contributed by atoms with Gasteiger partial charge in [0.2, 0.25) is 0 Å². The van der Waals surface area contributed by atoms with Crippen molar-refractivity contribution >= 4 is 21.6 Å². The number of fused-ring (bicyclic) bond motifs is 3.